The highest BCUT2D eigenvalue weighted by atomic mass is 19.1. The molecule has 2 aromatic rings. The molecule has 1 atom stereocenters. The van der Waals surface area contributed by atoms with Gasteiger partial charge in [0.2, 0.25) is 0 Å². The van der Waals surface area contributed by atoms with Crippen LogP contribution in [0.4, 0.5) is 4.39 Å². The topological polar surface area (TPSA) is 59.2 Å². The fourth-order valence-electron chi connectivity index (χ4n) is 2.56. The number of nitrogens with zero attached hydrogens (tertiary/aromatic N) is 3. The van der Waals surface area contributed by atoms with Gasteiger partial charge < -0.3 is 9.32 Å². The lowest BCUT2D eigenvalue weighted by molar-refractivity contribution is 0.0643. The van der Waals surface area contributed by atoms with E-state index in [2.05, 4.69) is 17.1 Å². The lowest BCUT2D eigenvalue weighted by Crippen LogP contribution is -2.39. The van der Waals surface area contributed by atoms with Gasteiger partial charge in [-0.1, -0.05) is 19.1 Å². The first-order chi connectivity index (χ1) is 10.1. The fourth-order valence-corrected chi connectivity index (χ4v) is 2.56. The maximum Gasteiger partial charge on any atom is 0.311 e. The van der Waals surface area contributed by atoms with Crippen molar-refractivity contribution >= 4 is 5.91 Å². The monoisotopic (exact) mass is 289 g/mol. The van der Waals surface area contributed by atoms with Crippen molar-refractivity contribution in [1.82, 2.24) is 15.1 Å². The molecule has 6 heteroatoms. The van der Waals surface area contributed by atoms with Crippen molar-refractivity contribution < 1.29 is 13.6 Å². The Bertz CT molecular complexity index is 656. The number of halogens is 1. The number of benzene rings is 1. The zero-order valence-corrected chi connectivity index (χ0v) is 11.8. The van der Waals surface area contributed by atoms with E-state index in [0.717, 1.165) is 12.8 Å². The van der Waals surface area contributed by atoms with Gasteiger partial charge in [0.05, 0.1) is 5.56 Å². The highest BCUT2D eigenvalue weighted by Crippen LogP contribution is 2.22. The van der Waals surface area contributed by atoms with Gasteiger partial charge in [0.1, 0.15) is 5.82 Å². The van der Waals surface area contributed by atoms with Crippen LogP contribution in [0.2, 0.25) is 0 Å². The minimum Gasteiger partial charge on any atom is -0.412 e. The molecule has 1 fully saturated rings. The summed E-state index contributed by atoms with van der Waals surface area (Å²) in [6, 6.07) is 6.11. The molecule has 1 aromatic heterocycles. The van der Waals surface area contributed by atoms with Crippen LogP contribution in [0.1, 0.15) is 30.5 Å². The van der Waals surface area contributed by atoms with E-state index in [0.29, 0.717) is 19.0 Å². The molecular weight excluding hydrogens is 273 g/mol. The van der Waals surface area contributed by atoms with Crippen LogP contribution in [-0.2, 0) is 0 Å². The number of aromatic nitrogens is 2. The normalized spacial score (nSPS) is 18.8. The first-order valence-electron chi connectivity index (χ1n) is 7.03. The van der Waals surface area contributed by atoms with E-state index in [1.165, 1.54) is 6.07 Å². The second-order valence-electron chi connectivity index (χ2n) is 5.39. The molecule has 2 heterocycles. The average Bonchev–Trinajstić information content (AvgIpc) is 2.96. The number of hydrogen-bond acceptors (Lipinski definition) is 4. The summed E-state index contributed by atoms with van der Waals surface area (Å²) < 4.78 is 19.0. The fraction of sp³-hybridized carbons (Fsp3) is 0.400. The van der Waals surface area contributed by atoms with Gasteiger partial charge in [-0.25, -0.2) is 4.39 Å². The minimum absolute atomic E-state index is 0.0292. The maximum absolute atomic E-state index is 13.7. The molecular formula is C15H16FN3O2. The van der Waals surface area contributed by atoms with Crippen molar-refractivity contribution in [2.24, 2.45) is 5.92 Å². The van der Waals surface area contributed by atoms with Crippen LogP contribution < -0.4 is 0 Å². The molecule has 1 amide bonds. The van der Waals surface area contributed by atoms with Crippen molar-refractivity contribution in [2.75, 3.05) is 13.1 Å². The van der Waals surface area contributed by atoms with Crippen LogP contribution in [0, 0.1) is 11.7 Å². The van der Waals surface area contributed by atoms with E-state index < -0.39 is 5.82 Å². The third-order valence-electron chi connectivity index (χ3n) is 3.66. The summed E-state index contributed by atoms with van der Waals surface area (Å²) in [7, 11) is 0. The zero-order chi connectivity index (χ0) is 14.8. The largest absolute Gasteiger partial charge is 0.412 e. The van der Waals surface area contributed by atoms with Crippen molar-refractivity contribution in [1.29, 1.82) is 0 Å². The van der Waals surface area contributed by atoms with Gasteiger partial charge in [-0.3, -0.25) is 4.79 Å². The van der Waals surface area contributed by atoms with Crippen molar-refractivity contribution in [3.8, 4) is 11.5 Å². The van der Waals surface area contributed by atoms with Gasteiger partial charge in [0.25, 0.3) is 5.89 Å². The van der Waals surface area contributed by atoms with Crippen LogP contribution in [-0.4, -0.2) is 34.1 Å². The van der Waals surface area contributed by atoms with Crippen LogP contribution in [0.15, 0.2) is 28.7 Å². The first-order valence-corrected chi connectivity index (χ1v) is 7.03. The number of amides is 1. The molecule has 0 aliphatic carbocycles. The number of hydrogen-bond donors (Lipinski definition) is 0. The quantitative estimate of drug-likeness (QED) is 0.853. The van der Waals surface area contributed by atoms with Crippen molar-refractivity contribution in [2.45, 2.75) is 19.8 Å². The molecule has 0 spiro atoms. The van der Waals surface area contributed by atoms with Crippen LogP contribution in [0.5, 0.6) is 0 Å². The summed E-state index contributed by atoms with van der Waals surface area (Å²) in [6.45, 7) is 3.49. The Balaban J connectivity index is 1.82. The van der Waals surface area contributed by atoms with Crippen molar-refractivity contribution in [3.63, 3.8) is 0 Å². The summed E-state index contributed by atoms with van der Waals surface area (Å²) in [5.41, 5.74) is 0.205. The number of rotatable bonds is 2. The molecule has 1 aliphatic heterocycles. The predicted octanol–water partition coefficient (Wildman–Crippen LogP) is 2.75. The Hall–Kier alpha value is -2.24. The SMILES string of the molecule is CC1CCCN(C(=O)c2nnc(-c3ccccc3F)o2)C1. The second-order valence-corrected chi connectivity index (χ2v) is 5.39. The Kier molecular flexibility index (Phi) is 3.68. The van der Waals surface area contributed by atoms with Gasteiger partial charge in [-0.15, -0.1) is 10.2 Å². The lowest BCUT2D eigenvalue weighted by Gasteiger charge is -2.29. The molecule has 1 saturated heterocycles. The molecule has 5 nitrogen and oxygen atoms in total. The van der Waals surface area contributed by atoms with Crippen LogP contribution >= 0.6 is 0 Å². The molecule has 21 heavy (non-hydrogen) atoms. The van der Waals surface area contributed by atoms with E-state index in [1.54, 1.807) is 23.1 Å². The van der Waals surface area contributed by atoms with Gasteiger partial charge >= 0.3 is 11.8 Å². The predicted molar refractivity (Wildman–Crippen MR) is 74.0 cm³/mol. The highest BCUT2D eigenvalue weighted by molar-refractivity contribution is 5.89. The summed E-state index contributed by atoms with van der Waals surface area (Å²) >= 11 is 0. The van der Waals surface area contributed by atoms with E-state index in [9.17, 15) is 9.18 Å². The van der Waals surface area contributed by atoms with Crippen molar-refractivity contribution in [3.05, 3.63) is 36.0 Å². The second kappa shape index (κ2) is 5.63. The Morgan fingerprint density at radius 3 is 2.95 bits per heavy atom. The Morgan fingerprint density at radius 2 is 2.19 bits per heavy atom. The van der Waals surface area contributed by atoms with Gasteiger partial charge in [-0.05, 0) is 30.9 Å². The molecule has 1 aromatic carbocycles. The average molecular weight is 289 g/mol. The zero-order valence-electron chi connectivity index (χ0n) is 11.8. The lowest BCUT2D eigenvalue weighted by atomic mass is 10.0. The standard InChI is InChI=1S/C15H16FN3O2/c1-10-5-4-8-19(9-10)15(20)14-18-17-13(21-14)11-6-2-3-7-12(11)16/h2-3,6-7,10H,4-5,8-9H2,1H3. The number of piperidine rings is 1. The van der Waals surface area contributed by atoms with E-state index in [-0.39, 0.29) is 23.3 Å². The molecule has 0 bridgehead atoms. The van der Waals surface area contributed by atoms with E-state index >= 15 is 0 Å². The number of carbonyl (C=O) groups excluding carboxylic acids is 1. The molecule has 3 rings (SSSR count). The van der Waals surface area contributed by atoms with Crippen LogP contribution in [0.25, 0.3) is 11.5 Å². The molecule has 110 valence electrons. The summed E-state index contributed by atoms with van der Waals surface area (Å²) in [6.07, 6.45) is 2.09. The molecule has 0 radical (unpaired) electrons. The third-order valence-corrected chi connectivity index (χ3v) is 3.66. The van der Waals surface area contributed by atoms with Crippen LogP contribution in [0.3, 0.4) is 0 Å². The molecule has 1 aliphatic rings. The summed E-state index contributed by atoms with van der Waals surface area (Å²) in [5.74, 6) is -0.316. The minimum atomic E-state index is -0.452. The van der Waals surface area contributed by atoms with E-state index in [4.69, 9.17) is 4.42 Å². The Labute approximate surface area is 121 Å². The summed E-state index contributed by atoms with van der Waals surface area (Å²) in [4.78, 5) is 14.0. The highest BCUT2D eigenvalue weighted by Gasteiger charge is 2.26. The first kappa shape index (κ1) is 13.7. The smallest absolute Gasteiger partial charge is 0.311 e. The van der Waals surface area contributed by atoms with Gasteiger partial charge in [-0.2, -0.15) is 0 Å². The summed E-state index contributed by atoms with van der Waals surface area (Å²) in [5, 5.41) is 7.54. The molecule has 0 N–H and O–H groups in total. The molecule has 1 unspecified atom stereocenters. The Morgan fingerprint density at radius 1 is 1.38 bits per heavy atom. The van der Waals surface area contributed by atoms with Gasteiger partial charge in [0.15, 0.2) is 0 Å². The number of likely N-dealkylation sites (tertiary alicyclic amines) is 1. The number of carbonyl (C=O) groups is 1. The molecule has 0 saturated carbocycles. The maximum atomic E-state index is 13.7. The van der Waals surface area contributed by atoms with Gasteiger partial charge in [0, 0.05) is 13.1 Å². The van der Waals surface area contributed by atoms with E-state index in [1.807, 2.05) is 0 Å². The third kappa shape index (κ3) is 2.79.